The predicted octanol–water partition coefficient (Wildman–Crippen LogP) is 3.66. The zero-order valence-corrected chi connectivity index (χ0v) is 17.7. The number of benzene rings is 2. The lowest BCUT2D eigenvalue weighted by molar-refractivity contribution is -0.123. The summed E-state index contributed by atoms with van der Waals surface area (Å²) in [7, 11) is 0. The SMILES string of the molecule is Cc1ccc(COc2c(Cl)cc(/C=N/NC(=O)CN3CCOCC3)cc2Cl)cc1. The van der Waals surface area contributed by atoms with Crippen molar-refractivity contribution >= 4 is 35.3 Å². The zero-order chi connectivity index (χ0) is 20.6. The van der Waals surface area contributed by atoms with Gasteiger partial charge in [0, 0.05) is 13.1 Å². The second kappa shape index (κ2) is 10.6. The first-order valence-electron chi connectivity index (χ1n) is 9.30. The summed E-state index contributed by atoms with van der Waals surface area (Å²) in [5.74, 6) is 0.237. The second-order valence-corrected chi connectivity index (χ2v) is 7.58. The lowest BCUT2D eigenvalue weighted by Crippen LogP contribution is -2.42. The highest BCUT2D eigenvalue weighted by Crippen LogP contribution is 2.34. The van der Waals surface area contributed by atoms with Crippen LogP contribution < -0.4 is 10.2 Å². The summed E-state index contributed by atoms with van der Waals surface area (Å²) in [6, 6.07) is 11.4. The van der Waals surface area contributed by atoms with Crippen molar-refractivity contribution < 1.29 is 14.3 Å². The molecule has 0 aliphatic carbocycles. The quantitative estimate of drug-likeness (QED) is 0.532. The normalized spacial score (nSPS) is 14.9. The molecule has 3 rings (SSSR count). The first kappa shape index (κ1) is 21.6. The van der Waals surface area contributed by atoms with Gasteiger partial charge in [0.2, 0.25) is 0 Å². The third kappa shape index (κ3) is 6.72. The number of nitrogens with one attached hydrogen (secondary N) is 1. The average molecular weight is 436 g/mol. The molecule has 1 amide bonds. The van der Waals surface area contributed by atoms with Crippen LogP contribution in [0.1, 0.15) is 16.7 Å². The van der Waals surface area contributed by atoms with Crippen LogP contribution in [0.15, 0.2) is 41.5 Å². The van der Waals surface area contributed by atoms with Crippen molar-refractivity contribution in [1.29, 1.82) is 0 Å². The van der Waals surface area contributed by atoms with Crippen molar-refractivity contribution in [2.24, 2.45) is 5.10 Å². The molecule has 1 aliphatic heterocycles. The van der Waals surface area contributed by atoms with Gasteiger partial charge in [-0.1, -0.05) is 53.0 Å². The number of ether oxygens (including phenoxy) is 2. The third-order valence-electron chi connectivity index (χ3n) is 4.40. The Kier molecular flexibility index (Phi) is 7.89. The van der Waals surface area contributed by atoms with E-state index in [0.717, 1.165) is 18.7 Å². The first-order valence-corrected chi connectivity index (χ1v) is 10.1. The predicted molar refractivity (Wildman–Crippen MR) is 115 cm³/mol. The Balaban J connectivity index is 1.54. The molecule has 0 saturated carbocycles. The number of hydrazone groups is 1. The lowest BCUT2D eigenvalue weighted by Gasteiger charge is -2.25. The standard InChI is InChI=1S/C21H23Cl2N3O3/c1-15-2-4-16(5-3-15)14-29-21-18(22)10-17(11-19(21)23)12-24-25-20(27)13-26-6-8-28-9-7-26/h2-5,10-12H,6-9,13-14H2,1H3,(H,25,27)/b24-12+. The molecule has 29 heavy (non-hydrogen) atoms. The molecule has 1 aliphatic rings. The van der Waals surface area contributed by atoms with Crippen molar-refractivity contribution in [2.75, 3.05) is 32.8 Å². The zero-order valence-electron chi connectivity index (χ0n) is 16.2. The fourth-order valence-corrected chi connectivity index (χ4v) is 3.42. The van der Waals surface area contributed by atoms with E-state index in [0.29, 0.717) is 41.2 Å². The fourth-order valence-electron chi connectivity index (χ4n) is 2.81. The van der Waals surface area contributed by atoms with Crippen LogP contribution >= 0.6 is 23.2 Å². The van der Waals surface area contributed by atoms with Gasteiger partial charge in [0.1, 0.15) is 6.61 Å². The average Bonchev–Trinajstić information content (AvgIpc) is 2.69. The van der Waals surface area contributed by atoms with Crippen LogP contribution in [0.2, 0.25) is 10.0 Å². The van der Waals surface area contributed by atoms with Crippen LogP contribution in [0.3, 0.4) is 0 Å². The number of halogens is 2. The number of carbonyl (C=O) groups excluding carboxylic acids is 1. The number of morpholine rings is 1. The summed E-state index contributed by atoms with van der Waals surface area (Å²) in [5.41, 5.74) is 5.39. The number of hydrogen-bond donors (Lipinski definition) is 1. The molecule has 0 spiro atoms. The van der Waals surface area contributed by atoms with Crippen LogP contribution in [0.4, 0.5) is 0 Å². The van der Waals surface area contributed by atoms with E-state index >= 15 is 0 Å². The molecule has 0 radical (unpaired) electrons. The summed E-state index contributed by atoms with van der Waals surface area (Å²) in [6.07, 6.45) is 1.50. The molecule has 1 N–H and O–H groups in total. The Morgan fingerprint density at radius 3 is 2.52 bits per heavy atom. The maximum absolute atomic E-state index is 12.0. The van der Waals surface area contributed by atoms with Gasteiger partial charge in [-0.25, -0.2) is 5.43 Å². The summed E-state index contributed by atoms with van der Waals surface area (Å²) in [6.45, 7) is 5.46. The highest BCUT2D eigenvalue weighted by molar-refractivity contribution is 6.37. The highest BCUT2D eigenvalue weighted by Gasteiger charge is 2.13. The maximum atomic E-state index is 12.0. The number of nitrogens with zero attached hydrogens (tertiary/aromatic N) is 2. The summed E-state index contributed by atoms with van der Waals surface area (Å²) in [5, 5.41) is 4.74. The van der Waals surface area contributed by atoms with Crippen LogP contribution in [0, 0.1) is 6.92 Å². The number of hydrogen-bond acceptors (Lipinski definition) is 5. The largest absolute Gasteiger partial charge is 0.486 e. The molecule has 154 valence electrons. The Morgan fingerprint density at radius 1 is 1.21 bits per heavy atom. The van der Waals surface area contributed by atoms with E-state index in [9.17, 15) is 4.79 Å². The van der Waals surface area contributed by atoms with Crippen molar-refractivity contribution in [2.45, 2.75) is 13.5 Å². The van der Waals surface area contributed by atoms with Gasteiger partial charge in [0.05, 0.1) is 36.0 Å². The van der Waals surface area contributed by atoms with E-state index in [1.165, 1.54) is 11.8 Å². The molecule has 6 nitrogen and oxygen atoms in total. The van der Waals surface area contributed by atoms with Gasteiger partial charge in [-0.05, 0) is 30.2 Å². The van der Waals surface area contributed by atoms with E-state index < -0.39 is 0 Å². The Morgan fingerprint density at radius 2 is 1.86 bits per heavy atom. The molecule has 2 aromatic carbocycles. The summed E-state index contributed by atoms with van der Waals surface area (Å²) < 4.78 is 11.0. The minimum Gasteiger partial charge on any atom is -0.486 e. The molecular formula is C21H23Cl2N3O3. The molecule has 2 aromatic rings. The van der Waals surface area contributed by atoms with Gasteiger partial charge in [-0.2, -0.15) is 5.10 Å². The van der Waals surface area contributed by atoms with E-state index in [1.807, 2.05) is 36.1 Å². The minimum atomic E-state index is -0.182. The first-order chi connectivity index (χ1) is 14.0. The van der Waals surface area contributed by atoms with Crippen LogP contribution in [-0.2, 0) is 16.1 Å². The van der Waals surface area contributed by atoms with Crippen molar-refractivity contribution in [3.05, 3.63) is 63.1 Å². The van der Waals surface area contributed by atoms with Crippen molar-refractivity contribution in [3.8, 4) is 5.75 Å². The van der Waals surface area contributed by atoms with Crippen LogP contribution in [0.25, 0.3) is 0 Å². The van der Waals surface area contributed by atoms with Gasteiger partial charge in [0.25, 0.3) is 5.91 Å². The van der Waals surface area contributed by atoms with Crippen molar-refractivity contribution in [3.63, 3.8) is 0 Å². The smallest absolute Gasteiger partial charge is 0.254 e. The fraction of sp³-hybridized carbons (Fsp3) is 0.333. The maximum Gasteiger partial charge on any atom is 0.254 e. The number of rotatable bonds is 7. The van der Waals surface area contributed by atoms with Gasteiger partial charge < -0.3 is 9.47 Å². The molecule has 0 atom stereocenters. The third-order valence-corrected chi connectivity index (χ3v) is 4.96. The summed E-state index contributed by atoms with van der Waals surface area (Å²) in [4.78, 5) is 14.0. The molecule has 1 fully saturated rings. The Bertz CT molecular complexity index is 843. The number of amides is 1. The molecule has 1 saturated heterocycles. The number of aryl methyl sites for hydroxylation is 1. The van der Waals surface area contributed by atoms with E-state index in [-0.39, 0.29) is 12.5 Å². The molecule has 0 unspecified atom stereocenters. The lowest BCUT2D eigenvalue weighted by atomic mass is 10.2. The van der Waals surface area contributed by atoms with Gasteiger partial charge >= 0.3 is 0 Å². The minimum absolute atomic E-state index is 0.182. The molecular weight excluding hydrogens is 413 g/mol. The Labute approximate surface area is 180 Å². The van der Waals surface area contributed by atoms with Gasteiger partial charge in [-0.3, -0.25) is 9.69 Å². The van der Waals surface area contributed by atoms with Crippen LogP contribution in [0.5, 0.6) is 5.75 Å². The van der Waals surface area contributed by atoms with E-state index in [2.05, 4.69) is 10.5 Å². The molecule has 0 aromatic heterocycles. The highest BCUT2D eigenvalue weighted by atomic mass is 35.5. The van der Waals surface area contributed by atoms with Crippen LogP contribution in [-0.4, -0.2) is 49.9 Å². The van der Waals surface area contributed by atoms with Gasteiger partial charge in [0.15, 0.2) is 5.75 Å². The topological polar surface area (TPSA) is 63.2 Å². The van der Waals surface area contributed by atoms with Crippen molar-refractivity contribution in [1.82, 2.24) is 10.3 Å². The summed E-state index contributed by atoms with van der Waals surface area (Å²) >= 11 is 12.6. The Hall–Kier alpha value is -2.12. The second-order valence-electron chi connectivity index (χ2n) is 6.77. The monoisotopic (exact) mass is 435 g/mol. The number of carbonyl (C=O) groups is 1. The molecule has 1 heterocycles. The molecule has 0 bridgehead atoms. The van der Waals surface area contributed by atoms with E-state index in [4.69, 9.17) is 32.7 Å². The molecule has 8 heteroatoms. The van der Waals surface area contributed by atoms with Gasteiger partial charge in [-0.15, -0.1) is 0 Å². The van der Waals surface area contributed by atoms with E-state index in [1.54, 1.807) is 12.1 Å².